The Labute approximate surface area is 208 Å². The monoisotopic (exact) mass is 510 g/mol. The van der Waals surface area contributed by atoms with Gasteiger partial charge in [-0.05, 0) is 80.6 Å². The van der Waals surface area contributed by atoms with Crippen LogP contribution in [0.15, 0.2) is 86.9 Å². The summed E-state index contributed by atoms with van der Waals surface area (Å²) < 4.78 is 33.0. The van der Waals surface area contributed by atoms with E-state index < -0.39 is 21.4 Å². The molecule has 0 saturated heterocycles. The van der Waals surface area contributed by atoms with Crippen LogP contribution in [0.25, 0.3) is 11.0 Å². The lowest BCUT2D eigenvalue weighted by molar-refractivity contribution is 0.103. The Hall–Kier alpha value is -3.62. The van der Waals surface area contributed by atoms with Gasteiger partial charge in [0.15, 0.2) is 5.78 Å². The molecule has 180 valence electrons. The van der Waals surface area contributed by atoms with Crippen LogP contribution in [0.2, 0.25) is 5.02 Å². The lowest BCUT2D eigenvalue weighted by atomic mass is 10.0. The van der Waals surface area contributed by atoms with E-state index in [9.17, 15) is 18.0 Å². The largest absolute Gasteiger partial charge is 0.422 e. The first kappa shape index (κ1) is 24.5. The number of hydrogen-bond acceptors (Lipinski definition) is 6. The normalized spacial score (nSPS) is 11.4. The SMILES string of the molecule is CCN(CC)c1ccc2cc(C(=O)c3ccc(NS(=O)(=O)c4ccc(Cl)cc4)cc3)c(=O)oc2c1. The second-order valence-electron chi connectivity index (χ2n) is 7.81. The number of nitrogens with zero attached hydrogens (tertiary/aromatic N) is 1. The predicted octanol–water partition coefficient (Wildman–Crippen LogP) is 5.32. The number of fused-ring (bicyclic) bond motifs is 1. The Morgan fingerprint density at radius 3 is 2.23 bits per heavy atom. The van der Waals surface area contributed by atoms with Crippen LogP contribution in [0.4, 0.5) is 11.4 Å². The van der Waals surface area contributed by atoms with Crippen molar-refractivity contribution < 1.29 is 17.6 Å². The fourth-order valence-corrected chi connectivity index (χ4v) is 4.90. The summed E-state index contributed by atoms with van der Waals surface area (Å²) in [6, 6.07) is 18.6. The average molecular weight is 511 g/mol. The highest BCUT2D eigenvalue weighted by Crippen LogP contribution is 2.23. The van der Waals surface area contributed by atoms with E-state index in [0.717, 1.165) is 18.8 Å². The molecule has 0 aliphatic rings. The molecule has 0 spiro atoms. The zero-order chi connectivity index (χ0) is 25.2. The van der Waals surface area contributed by atoms with Gasteiger partial charge in [-0.2, -0.15) is 0 Å². The Balaban J connectivity index is 1.58. The molecule has 3 aromatic carbocycles. The molecule has 0 unspecified atom stereocenters. The number of hydrogen-bond donors (Lipinski definition) is 1. The van der Waals surface area contributed by atoms with E-state index in [0.29, 0.717) is 16.0 Å². The molecule has 0 bridgehead atoms. The highest BCUT2D eigenvalue weighted by Gasteiger charge is 2.18. The standard InChI is InChI=1S/C26H23ClN2O5S/c1-3-29(4-2)21-12-7-18-15-23(26(31)34-24(18)16-21)25(30)17-5-10-20(11-6-17)28-35(32,33)22-13-8-19(27)9-14-22/h5-16,28H,3-4H2,1-2H3. The molecule has 35 heavy (non-hydrogen) atoms. The lowest BCUT2D eigenvalue weighted by Gasteiger charge is -2.21. The molecular weight excluding hydrogens is 488 g/mol. The smallest absolute Gasteiger partial charge is 0.347 e. The van der Waals surface area contributed by atoms with Crippen molar-refractivity contribution in [1.82, 2.24) is 0 Å². The molecule has 0 fully saturated rings. The minimum atomic E-state index is -3.82. The lowest BCUT2D eigenvalue weighted by Crippen LogP contribution is -2.21. The summed E-state index contributed by atoms with van der Waals surface area (Å²) in [6.07, 6.45) is 0. The fraction of sp³-hybridized carbons (Fsp3) is 0.154. The Morgan fingerprint density at radius 2 is 1.60 bits per heavy atom. The van der Waals surface area contributed by atoms with Crippen molar-refractivity contribution in [3.05, 3.63) is 99.4 Å². The van der Waals surface area contributed by atoms with Crippen LogP contribution in [-0.4, -0.2) is 27.3 Å². The molecule has 0 radical (unpaired) electrons. The van der Waals surface area contributed by atoms with Crippen LogP contribution in [0.3, 0.4) is 0 Å². The first-order chi connectivity index (χ1) is 16.7. The van der Waals surface area contributed by atoms with Crippen LogP contribution in [0.1, 0.15) is 29.8 Å². The molecular formula is C26H23ClN2O5S. The average Bonchev–Trinajstić information content (AvgIpc) is 2.84. The molecule has 1 aromatic heterocycles. The Kier molecular flexibility index (Phi) is 6.95. The van der Waals surface area contributed by atoms with Gasteiger partial charge >= 0.3 is 5.63 Å². The first-order valence-corrected chi connectivity index (χ1v) is 12.8. The molecule has 1 heterocycles. The zero-order valence-electron chi connectivity index (χ0n) is 19.1. The van der Waals surface area contributed by atoms with Gasteiger partial charge in [0, 0.05) is 46.5 Å². The summed E-state index contributed by atoms with van der Waals surface area (Å²) in [6.45, 7) is 5.71. The number of carbonyl (C=O) groups excluding carboxylic acids is 1. The van der Waals surface area contributed by atoms with Gasteiger partial charge in [0.2, 0.25) is 0 Å². The zero-order valence-corrected chi connectivity index (χ0v) is 20.7. The second kappa shape index (κ2) is 9.93. The van der Waals surface area contributed by atoms with Crippen molar-refractivity contribution in [2.24, 2.45) is 0 Å². The fourth-order valence-electron chi connectivity index (χ4n) is 3.72. The molecule has 4 aromatic rings. The summed E-state index contributed by atoms with van der Waals surface area (Å²) in [5.74, 6) is -0.513. The van der Waals surface area contributed by atoms with E-state index in [1.54, 1.807) is 6.07 Å². The van der Waals surface area contributed by atoms with Crippen molar-refractivity contribution in [2.75, 3.05) is 22.7 Å². The van der Waals surface area contributed by atoms with Crippen LogP contribution < -0.4 is 15.2 Å². The third kappa shape index (κ3) is 5.23. The summed E-state index contributed by atoms with van der Waals surface area (Å²) in [5.41, 5.74) is 1.01. The summed E-state index contributed by atoms with van der Waals surface area (Å²) >= 11 is 5.82. The van der Waals surface area contributed by atoms with Gasteiger partial charge in [0.25, 0.3) is 10.0 Å². The second-order valence-corrected chi connectivity index (χ2v) is 9.93. The van der Waals surface area contributed by atoms with E-state index >= 15 is 0 Å². The van der Waals surface area contributed by atoms with E-state index in [4.69, 9.17) is 16.0 Å². The molecule has 4 rings (SSSR count). The number of carbonyl (C=O) groups is 1. The molecule has 0 saturated carbocycles. The van der Waals surface area contributed by atoms with Gasteiger partial charge in [-0.25, -0.2) is 13.2 Å². The van der Waals surface area contributed by atoms with Crippen molar-refractivity contribution in [1.29, 1.82) is 0 Å². The molecule has 7 nitrogen and oxygen atoms in total. The number of nitrogens with one attached hydrogen (secondary N) is 1. The van der Waals surface area contributed by atoms with Gasteiger partial charge in [0.1, 0.15) is 11.1 Å². The highest BCUT2D eigenvalue weighted by molar-refractivity contribution is 7.92. The minimum Gasteiger partial charge on any atom is -0.422 e. The number of ketones is 1. The number of anilines is 2. The first-order valence-electron chi connectivity index (χ1n) is 11.0. The molecule has 1 N–H and O–H groups in total. The van der Waals surface area contributed by atoms with Crippen molar-refractivity contribution in [3.63, 3.8) is 0 Å². The number of halogens is 1. The minimum absolute atomic E-state index is 0.0555. The quantitative estimate of drug-likeness (QED) is 0.254. The van der Waals surface area contributed by atoms with E-state index in [1.807, 2.05) is 26.0 Å². The number of rotatable bonds is 8. The third-order valence-corrected chi connectivity index (χ3v) is 7.27. The number of sulfonamides is 1. The van der Waals surface area contributed by atoms with Crippen molar-refractivity contribution >= 4 is 49.8 Å². The topological polar surface area (TPSA) is 96.7 Å². The summed E-state index contributed by atoms with van der Waals surface area (Å²) in [7, 11) is -3.82. The van der Waals surface area contributed by atoms with Gasteiger partial charge in [-0.15, -0.1) is 0 Å². The van der Waals surface area contributed by atoms with Crippen LogP contribution in [0.5, 0.6) is 0 Å². The molecule has 0 aliphatic carbocycles. The molecule has 0 amide bonds. The van der Waals surface area contributed by atoms with Gasteiger partial charge in [-0.1, -0.05) is 11.6 Å². The molecule has 0 atom stereocenters. The maximum atomic E-state index is 13.0. The van der Waals surface area contributed by atoms with Gasteiger partial charge < -0.3 is 9.32 Å². The van der Waals surface area contributed by atoms with Crippen LogP contribution >= 0.6 is 11.6 Å². The Morgan fingerprint density at radius 1 is 0.943 bits per heavy atom. The Bertz CT molecular complexity index is 1540. The van der Waals surface area contributed by atoms with Crippen molar-refractivity contribution in [2.45, 2.75) is 18.7 Å². The summed E-state index contributed by atoms with van der Waals surface area (Å²) in [4.78, 5) is 27.8. The molecule has 9 heteroatoms. The highest BCUT2D eigenvalue weighted by atomic mass is 35.5. The predicted molar refractivity (Wildman–Crippen MR) is 138 cm³/mol. The van der Waals surface area contributed by atoms with E-state index in [1.165, 1.54) is 54.6 Å². The van der Waals surface area contributed by atoms with E-state index in [2.05, 4.69) is 9.62 Å². The molecule has 0 aliphatic heterocycles. The summed E-state index contributed by atoms with van der Waals surface area (Å²) in [5, 5.41) is 1.06. The van der Waals surface area contributed by atoms with Crippen LogP contribution in [-0.2, 0) is 10.0 Å². The van der Waals surface area contributed by atoms with Gasteiger partial charge in [-0.3, -0.25) is 9.52 Å². The maximum absolute atomic E-state index is 13.0. The third-order valence-electron chi connectivity index (χ3n) is 5.62. The van der Waals surface area contributed by atoms with Gasteiger partial charge in [0.05, 0.1) is 4.90 Å². The maximum Gasteiger partial charge on any atom is 0.347 e. The van der Waals surface area contributed by atoms with Crippen LogP contribution in [0, 0.1) is 0 Å². The van der Waals surface area contributed by atoms with E-state index in [-0.39, 0.29) is 21.7 Å². The number of benzene rings is 3. The van der Waals surface area contributed by atoms with Crippen molar-refractivity contribution in [3.8, 4) is 0 Å².